The number of nitrogens with zero attached hydrogens (tertiary/aromatic N) is 1. The van der Waals surface area contributed by atoms with E-state index in [1.807, 2.05) is 0 Å². The van der Waals surface area contributed by atoms with Gasteiger partial charge in [0.25, 0.3) is 5.24 Å². The van der Waals surface area contributed by atoms with Crippen LogP contribution >= 0.6 is 11.8 Å². The number of hydrogen-bond acceptors (Lipinski definition) is 8. The van der Waals surface area contributed by atoms with Crippen molar-refractivity contribution in [2.75, 3.05) is 24.4 Å². The summed E-state index contributed by atoms with van der Waals surface area (Å²) in [5.74, 6) is -2.14. The van der Waals surface area contributed by atoms with Gasteiger partial charge in [-0.05, 0) is 42.1 Å². The molecule has 1 unspecified atom stereocenters. The van der Waals surface area contributed by atoms with Crippen LogP contribution in [0.3, 0.4) is 0 Å². The number of nitrogens with one attached hydrogen (secondary N) is 1. The standard InChI is InChI=1S/C20H18N2O8S/c1-29-11-4-6-14(15(8-11)30-2)22-18(25)16(31-20(22)28)9-17(24)21-13-5-3-10(23)7-12(13)19(26)27/h3-8,16,23H,9H2,1-2H3,(H,21,24)(H,26,27). The van der Waals surface area contributed by atoms with Crippen LogP contribution in [0, 0.1) is 0 Å². The highest BCUT2D eigenvalue weighted by molar-refractivity contribution is 8.15. The number of phenolic OH excluding ortho intramolecular Hbond substituents is 1. The minimum atomic E-state index is -1.34. The Kier molecular flexibility index (Phi) is 6.35. The molecule has 3 amide bonds. The molecule has 1 aliphatic heterocycles. The zero-order chi connectivity index (χ0) is 22.7. The van der Waals surface area contributed by atoms with Gasteiger partial charge >= 0.3 is 5.97 Å². The number of carboxylic acids is 1. The average Bonchev–Trinajstić information content (AvgIpc) is 3.01. The van der Waals surface area contributed by atoms with Crippen molar-refractivity contribution in [2.24, 2.45) is 0 Å². The maximum Gasteiger partial charge on any atom is 0.337 e. The number of benzene rings is 2. The number of anilines is 2. The van der Waals surface area contributed by atoms with E-state index < -0.39 is 28.3 Å². The van der Waals surface area contributed by atoms with Crippen LogP contribution in [0.25, 0.3) is 0 Å². The Morgan fingerprint density at radius 1 is 1.13 bits per heavy atom. The number of aromatic carboxylic acids is 1. The van der Waals surface area contributed by atoms with Crippen molar-refractivity contribution in [3.05, 3.63) is 42.0 Å². The molecule has 1 aliphatic rings. The fourth-order valence-electron chi connectivity index (χ4n) is 2.96. The molecule has 11 heteroatoms. The predicted octanol–water partition coefficient (Wildman–Crippen LogP) is 2.70. The van der Waals surface area contributed by atoms with Crippen molar-refractivity contribution >= 4 is 46.2 Å². The molecule has 10 nitrogen and oxygen atoms in total. The molecule has 162 valence electrons. The molecule has 0 radical (unpaired) electrons. The van der Waals surface area contributed by atoms with Crippen LogP contribution in [0.1, 0.15) is 16.8 Å². The Morgan fingerprint density at radius 3 is 2.52 bits per heavy atom. The predicted molar refractivity (Wildman–Crippen MR) is 112 cm³/mol. The van der Waals surface area contributed by atoms with Crippen molar-refractivity contribution in [3.63, 3.8) is 0 Å². The van der Waals surface area contributed by atoms with Gasteiger partial charge in [-0.1, -0.05) is 0 Å². The molecule has 1 atom stereocenters. The first-order valence-corrected chi connectivity index (χ1v) is 9.76. The van der Waals surface area contributed by atoms with Gasteiger partial charge in [0.05, 0.1) is 31.2 Å². The molecular formula is C20H18N2O8S. The second-order valence-corrected chi connectivity index (χ2v) is 7.53. The van der Waals surface area contributed by atoms with Crippen LogP contribution in [0.15, 0.2) is 36.4 Å². The quantitative estimate of drug-likeness (QED) is 0.547. The number of carboxylic acid groups (broad SMARTS) is 1. The fourth-order valence-corrected chi connectivity index (χ4v) is 3.94. The average molecular weight is 446 g/mol. The van der Waals surface area contributed by atoms with E-state index >= 15 is 0 Å². The van der Waals surface area contributed by atoms with Gasteiger partial charge in [-0.2, -0.15) is 0 Å². The Morgan fingerprint density at radius 2 is 1.87 bits per heavy atom. The molecule has 2 aromatic rings. The Balaban J connectivity index is 1.76. The van der Waals surface area contributed by atoms with E-state index in [0.717, 1.165) is 11.0 Å². The molecule has 1 saturated heterocycles. The van der Waals surface area contributed by atoms with E-state index in [0.29, 0.717) is 17.5 Å². The molecule has 3 N–H and O–H groups in total. The summed E-state index contributed by atoms with van der Waals surface area (Å²) in [5, 5.41) is 19.5. The van der Waals surface area contributed by atoms with Gasteiger partial charge in [-0.15, -0.1) is 0 Å². The van der Waals surface area contributed by atoms with Crippen LogP contribution in [0.5, 0.6) is 17.2 Å². The fraction of sp³-hybridized carbons (Fsp3) is 0.200. The Labute approximate surface area is 180 Å². The van der Waals surface area contributed by atoms with E-state index in [4.69, 9.17) is 9.47 Å². The summed E-state index contributed by atoms with van der Waals surface area (Å²) < 4.78 is 10.4. The highest BCUT2D eigenvalue weighted by atomic mass is 32.2. The number of imide groups is 1. The van der Waals surface area contributed by atoms with Crippen LogP contribution in [0.2, 0.25) is 0 Å². The number of rotatable bonds is 7. The number of carbonyl (C=O) groups is 4. The number of hydrogen-bond donors (Lipinski definition) is 3. The van der Waals surface area contributed by atoms with E-state index in [2.05, 4.69) is 5.32 Å². The second-order valence-electron chi connectivity index (χ2n) is 6.37. The van der Waals surface area contributed by atoms with Gasteiger partial charge in [-0.3, -0.25) is 14.4 Å². The molecule has 0 saturated carbocycles. The van der Waals surface area contributed by atoms with Gasteiger partial charge in [-0.25, -0.2) is 9.69 Å². The number of amides is 3. The van der Waals surface area contributed by atoms with Crippen molar-refractivity contribution in [1.29, 1.82) is 0 Å². The highest BCUT2D eigenvalue weighted by Crippen LogP contribution is 2.39. The molecule has 31 heavy (non-hydrogen) atoms. The summed E-state index contributed by atoms with van der Waals surface area (Å²) in [6, 6.07) is 8.06. The largest absolute Gasteiger partial charge is 0.508 e. The van der Waals surface area contributed by atoms with Gasteiger partial charge in [0.15, 0.2) is 0 Å². The van der Waals surface area contributed by atoms with E-state index in [1.165, 1.54) is 38.5 Å². The van der Waals surface area contributed by atoms with E-state index in [1.54, 1.807) is 6.07 Å². The summed E-state index contributed by atoms with van der Waals surface area (Å²) in [5.41, 5.74) is -0.120. The van der Waals surface area contributed by atoms with Crippen LogP contribution < -0.4 is 19.7 Å². The molecule has 0 aliphatic carbocycles. The first kappa shape index (κ1) is 22.0. The molecule has 2 aromatic carbocycles. The number of thioether (sulfide) groups is 1. The van der Waals surface area contributed by atoms with Gasteiger partial charge in [0.1, 0.15) is 22.5 Å². The zero-order valence-electron chi connectivity index (χ0n) is 16.4. The Bertz CT molecular complexity index is 1070. The maximum absolute atomic E-state index is 12.8. The van der Waals surface area contributed by atoms with E-state index in [9.17, 15) is 29.4 Å². The number of aromatic hydroxyl groups is 1. The maximum atomic E-state index is 12.8. The highest BCUT2D eigenvalue weighted by Gasteiger charge is 2.42. The SMILES string of the molecule is COc1ccc(N2C(=O)SC(CC(=O)Nc3ccc(O)cc3C(=O)O)C2=O)c(OC)c1. The minimum Gasteiger partial charge on any atom is -0.508 e. The summed E-state index contributed by atoms with van der Waals surface area (Å²) >= 11 is 0.691. The molecule has 1 fully saturated rings. The monoisotopic (exact) mass is 446 g/mol. The third kappa shape index (κ3) is 4.56. The number of ether oxygens (including phenoxy) is 2. The van der Waals surface area contributed by atoms with Gasteiger partial charge in [0, 0.05) is 12.5 Å². The minimum absolute atomic E-state index is 0.0363. The lowest BCUT2D eigenvalue weighted by Crippen LogP contribution is -2.33. The second kappa shape index (κ2) is 8.96. The molecule has 3 rings (SSSR count). The van der Waals surface area contributed by atoms with E-state index in [-0.39, 0.29) is 34.9 Å². The van der Waals surface area contributed by atoms with Crippen LogP contribution in [-0.2, 0) is 9.59 Å². The summed E-state index contributed by atoms with van der Waals surface area (Å²) in [4.78, 5) is 50.0. The van der Waals surface area contributed by atoms with Crippen molar-refractivity contribution in [3.8, 4) is 17.2 Å². The van der Waals surface area contributed by atoms with Crippen molar-refractivity contribution in [2.45, 2.75) is 11.7 Å². The first-order valence-electron chi connectivity index (χ1n) is 8.88. The lowest BCUT2D eigenvalue weighted by atomic mass is 10.1. The number of methoxy groups -OCH3 is 2. The van der Waals surface area contributed by atoms with Crippen LogP contribution in [-0.4, -0.2) is 52.7 Å². The number of carbonyl (C=O) groups excluding carboxylic acids is 3. The lowest BCUT2D eigenvalue weighted by molar-refractivity contribution is -0.121. The topological polar surface area (TPSA) is 142 Å². The smallest absolute Gasteiger partial charge is 0.337 e. The van der Waals surface area contributed by atoms with Gasteiger partial charge in [0.2, 0.25) is 11.8 Å². The molecule has 0 bridgehead atoms. The molecule has 0 aromatic heterocycles. The lowest BCUT2D eigenvalue weighted by Gasteiger charge is -2.18. The number of phenols is 1. The third-order valence-corrected chi connectivity index (χ3v) is 5.46. The Hall–Kier alpha value is -3.73. The molecule has 0 spiro atoms. The molecular weight excluding hydrogens is 428 g/mol. The summed E-state index contributed by atoms with van der Waals surface area (Å²) in [7, 11) is 2.86. The third-order valence-electron chi connectivity index (χ3n) is 4.43. The summed E-state index contributed by atoms with van der Waals surface area (Å²) in [6.45, 7) is 0. The van der Waals surface area contributed by atoms with Crippen LogP contribution in [0.4, 0.5) is 16.2 Å². The van der Waals surface area contributed by atoms with Crippen molar-refractivity contribution < 1.29 is 38.9 Å². The first-order chi connectivity index (χ1) is 14.7. The van der Waals surface area contributed by atoms with Gasteiger partial charge < -0.3 is 25.0 Å². The van der Waals surface area contributed by atoms with Crippen molar-refractivity contribution in [1.82, 2.24) is 0 Å². The normalized spacial score (nSPS) is 15.7. The molecule has 1 heterocycles. The zero-order valence-corrected chi connectivity index (χ0v) is 17.3. The summed E-state index contributed by atoms with van der Waals surface area (Å²) in [6.07, 6.45) is -0.357.